The SMILES string of the molecule is CCS(=O)(=O)c1ccc(N=Nc2cc(C)c(N=Nc3c(S(=O)(=O)O)cc4cc(Nc5ccccc5)ccc4c3O)cc2C)cc1. The molecule has 0 spiro atoms. The molecule has 3 N–H and O–H groups in total. The fourth-order valence-corrected chi connectivity index (χ4v) is 6.06. The minimum atomic E-state index is -4.79. The molecule has 0 radical (unpaired) electrons. The minimum Gasteiger partial charge on any atom is -0.505 e. The van der Waals surface area contributed by atoms with Gasteiger partial charge in [-0.2, -0.15) is 23.8 Å². The highest BCUT2D eigenvalue weighted by Crippen LogP contribution is 2.42. The highest BCUT2D eigenvalue weighted by Gasteiger charge is 2.22. The van der Waals surface area contributed by atoms with Crippen molar-refractivity contribution in [2.45, 2.75) is 30.6 Å². The maximum Gasteiger partial charge on any atom is 0.296 e. The zero-order valence-corrected chi connectivity index (χ0v) is 26.1. The fourth-order valence-electron chi connectivity index (χ4n) is 4.51. The number of phenols is 1. The number of nitrogens with one attached hydrogen (secondary N) is 1. The van der Waals surface area contributed by atoms with Gasteiger partial charge in [0.1, 0.15) is 10.6 Å². The molecule has 45 heavy (non-hydrogen) atoms. The van der Waals surface area contributed by atoms with Gasteiger partial charge in [0.05, 0.1) is 27.7 Å². The molecule has 0 bridgehead atoms. The van der Waals surface area contributed by atoms with E-state index in [-0.39, 0.29) is 10.6 Å². The van der Waals surface area contributed by atoms with Crippen LogP contribution in [0.15, 0.2) is 121 Å². The van der Waals surface area contributed by atoms with Crippen molar-refractivity contribution in [3.63, 3.8) is 0 Å². The number of aromatic hydroxyl groups is 1. The number of hydrogen-bond acceptors (Lipinski definition) is 10. The molecule has 0 aliphatic rings. The number of benzene rings is 5. The Morgan fingerprint density at radius 2 is 1.33 bits per heavy atom. The number of nitrogens with zero attached hydrogens (tertiary/aromatic N) is 4. The second kappa shape index (κ2) is 12.6. The summed E-state index contributed by atoms with van der Waals surface area (Å²) in [5, 5.41) is 31.7. The third kappa shape index (κ3) is 7.06. The number of fused-ring (bicyclic) bond motifs is 1. The molecule has 5 aromatic rings. The molecule has 0 fully saturated rings. The van der Waals surface area contributed by atoms with Gasteiger partial charge in [-0.25, -0.2) is 8.42 Å². The van der Waals surface area contributed by atoms with E-state index in [1.165, 1.54) is 18.2 Å². The Kier molecular flexibility index (Phi) is 8.77. The summed E-state index contributed by atoms with van der Waals surface area (Å²) in [4.78, 5) is -0.379. The van der Waals surface area contributed by atoms with Crippen LogP contribution in [0.3, 0.4) is 0 Å². The summed E-state index contributed by atoms with van der Waals surface area (Å²) in [7, 11) is -8.11. The summed E-state index contributed by atoms with van der Waals surface area (Å²) in [6.45, 7) is 5.11. The third-order valence-corrected chi connectivity index (χ3v) is 9.63. The number of hydrogen-bond donors (Lipinski definition) is 3. The van der Waals surface area contributed by atoms with Crippen molar-refractivity contribution in [2.75, 3.05) is 11.1 Å². The molecule has 230 valence electrons. The number of phenolic OH excluding ortho intramolecular Hbond substituents is 1. The maximum absolute atomic E-state index is 12.3. The average molecular weight is 644 g/mol. The van der Waals surface area contributed by atoms with E-state index in [1.807, 2.05) is 30.3 Å². The highest BCUT2D eigenvalue weighted by molar-refractivity contribution is 7.91. The number of rotatable bonds is 9. The zero-order chi connectivity index (χ0) is 32.4. The van der Waals surface area contributed by atoms with Crippen LogP contribution < -0.4 is 5.32 Å². The second-order valence-corrected chi connectivity index (χ2v) is 13.9. The molecule has 0 saturated heterocycles. The number of azo groups is 2. The van der Waals surface area contributed by atoms with Crippen LogP contribution in [0, 0.1) is 13.8 Å². The normalized spacial score (nSPS) is 12.4. The van der Waals surface area contributed by atoms with E-state index >= 15 is 0 Å². The lowest BCUT2D eigenvalue weighted by molar-refractivity contribution is 0.472. The van der Waals surface area contributed by atoms with Crippen molar-refractivity contribution in [3.8, 4) is 5.75 Å². The van der Waals surface area contributed by atoms with Crippen LogP contribution in [0.25, 0.3) is 10.8 Å². The van der Waals surface area contributed by atoms with Crippen molar-refractivity contribution in [3.05, 3.63) is 102 Å². The van der Waals surface area contributed by atoms with Gasteiger partial charge in [0, 0.05) is 16.8 Å². The molecule has 0 heterocycles. The molecule has 0 aliphatic carbocycles. The number of anilines is 2. The largest absolute Gasteiger partial charge is 0.505 e. The van der Waals surface area contributed by atoms with E-state index in [9.17, 15) is 26.5 Å². The van der Waals surface area contributed by atoms with Gasteiger partial charge in [-0.15, -0.1) is 5.11 Å². The minimum absolute atomic E-state index is 0.00136. The van der Waals surface area contributed by atoms with Crippen molar-refractivity contribution >= 4 is 64.9 Å². The van der Waals surface area contributed by atoms with Gasteiger partial charge in [0.2, 0.25) is 0 Å². The molecule has 0 amide bonds. The van der Waals surface area contributed by atoms with Crippen LogP contribution in [0.5, 0.6) is 5.75 Å². The third-order valence-electron chi connectivity index (χ3n) is 7.01. The molecule has 13 heteroatoms. The number of aryl methyl sites for hydroxylation is 2. The van der Waals surface area contributed by atoms with E-state index in [2.05, 4.69) is 25.8 Å². The Morgan fingerprint density at radius 3 is 1.93 bits per heavy atom. The molecule has 0 aliphatic heterocycles. The molecular weight excluding hydrogens is 615 g/mol. The van der Waals surface area contributed by atoms with E-state index in [0.717, 1.165) is 5.69 Å². The van der Waals surface area contributed by atoms with Gasteiger partial charge in [0.25, 0.3) is 10.1 Å². The smallest absolute Gasteiger partial charge is 0.296 e. The molecule has 0 unspecified atom stereocenters. The van der Waals surface area contributed by atoms with Crippen LogP contribution >= 0.6 is 0 Å². The predicted octanol–water partition coefficient (Wildman–Crippen LogP) is 8.78. The average Bonchev–Trinajstić information content (AvgIpc) is 3.01. The summed E-state index contributed by atoms with van der Waals surface area (Å²) < 4.78 is 58.8. The summed E-state index contributed by atoms with van der Waals surface area (Å²) in [6.07, 6.45) is 0. The number of sulfone groups is 1. The molecule has 5 aromatic carbocycles. The van der Waals surface area contributed by atoms with Crippen molar-refractivity contribution in [2.24, 2.45) is 20.5 Å². The van der Waals surface area contributed by atoms with Crippen LogP contribution in [0.1, 0.15) is 18.1 Å². The van der Waals surface area contributed by atoms with Gasteiger partial charge < -0.3 is 10.4 Å². The number of para-hydroxylation sites is 1. The standard InChI is InChI=1S/C32H29N5O6S2/c1-4-44(39,40)26-13-10-24(11-14-26)34-35-28-16-21(3)29(17-20(28)2)36-37-31-30(45(41,42)43)19-22-18-25(12-15-27(22)32(31)38)33-23-8-6-5-7-9-23/h5-19,33,38H,4H2,1-3H3,(H,41,42,43). The summed E-state index contributed by atoms with van der Waals surface area (Å²) in [5.41, 5.74) is 3.76. The lowest BCUT2D eigenvalue weighted by Crippen LogP contribution is -2.02. The Hall–Kier alpha value is -4.98. The summed E-state index contributed by atoms with van der Waals surface area (Å²) >= 11 is 0. The zero-order valence-electron chi connectivity index (χ0n) is 24.5. The lowest BCUT2D eigenvalue weighted by atomic mass is 10.1. The summed E-state index contributed by atoms with van der Waals surface area (Å²) in [6, 6.07) is 25.1. The monoisotopic (exact) mass is 643 g/mol. The molecule has 11 nitrogen and oxygen atoms in total. The van der Waals surface area contributed by atoms with Crippen LogP contribution in [0.4, 0.5) is 34.1 Å². The highest BCUT2D eigenvalue weighted by atomic mass is 32.2. The summed E-state index contributed by atoms with van der Waals surface area (Å²) in [5.74, 6) is -0.450. The van der Waals surface area contributed by atoms with Gasteiger partial charge in [-0.1, -0.05) is 25.1 Å². The van der Waals surface area contributed by atoms with Crippen molar-refractivity contribution < 1.29 is 26.5 Å². The van der Waals surface area contributed by atoms with E-state index < -0.39 is 36.3 Å². The van der Waals surface area contributed by atoms with Gasteiger partial charge in [0.15, 0.2) is 15.6 Å². The fraction of sp³-hybridized carbons (Fsp3) is 0.125. The molecule has 0 atom stereocenters. The van der Waals surface area contributed by atoms with Gasteiger partial charge in [-0.05, 0) is 103 Å². The Morgan fingerprint density at radius 1 is 0.711 bits per heavy atom. The first-order chi connectivity index (χ1) is 21.4. The van der Waals surface area contributed by atoms with E-state index in [4.69, 9.17) is 0 Å². The Balaban J connectivity index is 1.45. The molecule has 0 aromatic heterocycles. The predicted molar refractivity (Wildman–Crippen MR) is 174 cm³/mol. The first-order valence-electron chi connectivity index (χ1n) is 13.7. The van der Waals surface area contributed by atoms with Crippen molar-refractivity contribution in [1.29, 1.82) is 0 Å². The Labute approximate surface area is 260 Å². The first kappa shape index (κ1) is 31.4. The van der Waals surface area contributed by atoms with E-state index in [0.29, 0.717) is 44.6 Å². The van der Waals surface area contributed by atoms with Crippen LogP contribution in [-0.2, 0) is 20.0 Å². The van der Waals surface area contributed by atoms with Crippen molar-refractivity contribution in [1.82, 2.24) is 0 Å². The molecule has 5 rings (SSSR count). The van der Waals surface area contributed by atoms with Gasteiger partial charge in [-0.3, -0.25) is 4.55 Å². The first-order valence-corrected chi connectivity index (χ1v) is 16.8. The quantitative estimate of drug-likeness (QED) is 0.106. The van der Waals surface area contributed by atoms with E-state index in [1.54, 1.807) is 63.2 Å². The second-order valence-electron chi connectivity index (χ2n) is 10.2. The lowest BCUT2D eigenvalue weighted by Gasteiger charge is -2.12. The maximum atomic E-state index is 12.3. The van der Waals surface area contributed by atoms with Crippen LogP contribution in [-0.4, -0.2) is 32.2 Å². The molecule has 0 saturated carbocycles. The Bertz CT molecular complexity index is 2180. The van der Waals surface area contributed by atoms with Crippen LogP contribution in [0.2, 0.25) is 0 Å². The van der Waals surface area contributed by atoms with Gasteiger partial charge >= 0.3 is 0 Å². The molecular formula is C32H29N5O6S2. The topological polar surface area (TPSA) is 170 Å².